The molecule has 0 saturated heterocycles. The molecular weight excluding hydrogens is 408 g/mol. The Morgan fingerprint density at radius 3 is 2.10 bits per heavy atom. The maximum atomic E-state index is 13.0. The molecule has 0 spiro atoms. The zero-order valence-electron chi connectivity index (χ0n) is 17.3. The number of carbonyl (C=O) groups excluding carboxylic acids is 4. The summed E-state index contributed by atoms with van der Waals surface area (Å²) in [5.41, 5.74) is 0.714. The molecule has 31 heavy (non-hydrogen) atoms. The molecule has 9 heteroatoms. The van der Waals surface area contributed by atoms with Gasteiger partial charge >= 0.3 is 17.9 Å². The predicted octanol–water partition coefficient (Wildman–Crippen LogP) is 2.79. The third kappa shape index (κ3) is 4.89. The van der Waals surface area contributed by atoms with Gasteiger partial charge in [-0.15, -0.1) is 0 Å². The molecule has 0 N–H and O–H groups in total. The molecule has 0 saturated carbocycles. The van der Waals surface area contributed by atoms with Gasteiger partial charge in [0.1, 0.15) is 11.5 Å². The molecule has 2 aromatic rings. The van der Waals surface area contributed by atoms with Gasteiger partial charge in [0.15, 0.2) is 29.5 Å². The first kappa shape index (κ1) is 22.0. The molecule has 9 nitrogen and oxygen atoms in total. The summed E-state index contributed by atoms with van der Waals surface area (Å²) in [4.78, 5) is 47.0. The van der Waals surface area contributed by atoms with Crippen LogP contribution in [0, 0.1) is 0 Å². The predicted molar refractivity (Wildman–Crippen MR) is 105 cm³/mol. The van der Waals surface area contributed by atoms with Gasteiger partial charge in [0.25, 0.3) is 0 Å². The van der Waals surface area contributed by atoms with Crippen LogP contribution in [0.25, 0.3) is 0 Å². The Labute approximate surface area is 177 Å². The summed E-state index contributed by atoms with van der Waals surface area (Å²) < 4.78 is 26.7. The average Bonchev–Trinajstić information content (AvgIpc) is 2.68. The van der Waals surface area contributed by atoms with Crippen molar-refractivity contribution in [2.75, 3.05) is 7.11 Å². The van der Waals surface area contributed by atoms with Gasteiger partial charge in [-0.25, -0.2) is 0 Å². The molecule has 0 amide bonds. The summed E-state index contributed by atoms with van der Waals surface area (Å²) in [6.07, 6.45) is -1.89. The van der Waals surface area contributed by atoms with Crippen molar-refractivity contribution in [3.05, 3.63) is 47.5 Å². The quantitative estimate of drug-likeness (QED) is 0.524. The Balaban J connectivity index is 2.03. The lowest BCUT2D eigenvalue weighted by Gasteiger charge is -2.32. The highest BCUT2D eigenvalue weighted by Crippen LogP contribution is 2.40. The Bertz CT molecular complexity index is 1060. The van der Waals surface area contributed by atoms with Crippen LogP contribution in [0.1, 0.15) is 42.8 Å². The SMILES string of the molecule is CO[C@@H]1C(=O)c2ccc(OC(C)=O)cc2O[C@@H]1c1ccc(OC(C)=O)c(OC(C)=O)c1. The molecule has 0 bridgehead atoms. The van der Waals surface area contributed by atoms with Crippen LogP contribution in [0.3, 0.4) is 0 Å². The van der Waals surface area contributed by atoms with Gasteiger partial charge in [-0.3, -0.25) is 19.2 Å². The standard InChI is InChI=1S/C22H20O9/c1-11(23)28-15-6-7-16-18(10-15)31-21(22(27-4)20(16)26)14-5-8-17(29-12(2)24)19(9-14)30-13(3)25/h5-10,21-22H,1-4H3/t21-,22-/m1/s1. The van der Waals surface area contributed by atoms with Crippen molar-refractivity contribution < 1.29 is 42.9 Å². The molecule has 1 aliphatic rings. The molecule has 162 valence electrons. The number of ether oxygens (including phenoxy) is 5. The lowest BCUT2D eigenvalue weighted by atomic mass is 9.93. The fourth-order valence-corrected chi connectivity index (χ4v) is 3.17. The van der Waals surface area contributed by atoms with E-state index in [-0.39, 0.29) is 34.3 Å². The van der Waals surface area contributed by atoms with Gasteiger partial charge in [0.05, 0.1) is 5.56 Å². The van der Waals surface area contributed by atoms with Crippen LogP contribution < -0.4 is 18.9 Å². The zero-order valence-corrected chi connectivity index (χ0v) is 17.3. The first-order chi connectivity index (χ1) is 14.7. The minimum absolute atomic E-state index is 0.00874. The van der Waals surface area contributed by atoms with Gasteiger partial charge < -0.3 is 23.7 Å². The second kappa shape index (κ2) is 8.97. The number of hydrogen-bond donors (Lipinski definition) is 0. The Morgan fingerprint density at radius 1 is 0.839 bits per heavy atom. The molecule has 2 atom stereocenters. The molecule has 0 radical (unpaired) electrons. The summed E-state index contributed by atoms with van der Waals surface area (Å²) in [7, 11) is 1.37. The van der Waals surface area contributed by atoms with Gasteiger partial charge in [-0.05, 0) is 29.8 Å². The molecule has 1 aliphatic heterocycles. The molecule has 3 rings (SSSR count). The molecule has 0 fully saturated rings. The van der Waals surface area contributed by atoms with Crippen molar-refractivity contribution in [3.63, 3.8) is 0 Å². The maximum absolute atomic E-state index is 13.0. The molecule has 1 heterocycles. The molecule has 0 aromatic heterocycles. The van der Waals surface area contributed by atoms with Gasteiger partial charge in [-0.1, -0.05) is 6.07 Å². The van der Waals surface area contributed by atoms with E-state index in [4.69, 9.17) is 23.7 Å². The van der Waals surface area contributed by atoms with Crippen molar-refractivity contribution in [1.29, 1.82) is 0 Å². The van der Waals surface area contributed by atoms with E-state index >= 15 is 0 Å². The number of ketones is 1. The van der Waals surface area contributed by atoms with Gasteiger partial charge in [0, 0.05) is 33.9 Å². The summed E-state index contributed by atoms with van der Waals surface area (Å²) in [6.45, 7) is 3.68. The van der Waals surface area contributed by atoms with Crippen LogP contribution in [0.2, 0.25) is 0 Å². The molecular formula is C22H20O9. The largest absolute Gasteiger partial charge is 0.482 e. The van der Waals surface area contributed by atoms with Crippen molar-refractivity contribution in [3.8, 4) is 23.0 Å². The number of carbonyl (C=O) groups is 4. The second-order valence-corrected chi connectivity index (χ2v) is 6.70. The van der Waals surface area contributed by atoms with Crippen molar-refractivity contribution >= 4 is 23.7 Å². The normalized spacial score (nSPS) is 17.2. The molecule has 2 aromatic carbocycles. The second-order valence-electron chi connectivity index (χ2n) is 6.70. The van der Waals surface area contributed by atoms with E-state index in [1.807, 2.05) is 0 Å². The summed E-state index contributed by atoms with van der Waals surface area (Å²) in [6, 6.07) is 8.85. The smallest absolute Gasteiger partial charge is 0.308 e. The fraction of sp³-hybridized carbons (Fsp3) is 0.273. The van der Waals surface area contributed by atoms with Crippen molar-refractivity contribution in [2.45, 2.75) is 33.0 Å². The number of hydrogen-bond acceptors (Lipinski definition) is 9. The minimum atomic E-state index is -0.989. The number of methoxy groups -OCH3 is 1. The van der Waals surface area contributed by atoms with E-state index in [0.29, 0.717) is 5.56 Å². The van der Waals surface area contributed by atoms with Crippen LogP contribution in [-0.2, 0) is 19.1 Å². The number of fused-ring (bicyclic) bond motifs is 1. The lowest BCUT2D eigenvalue weighted by molar-refractivity contribution is -0.134. The van der Waals surface area contributed by atoms with Crippen LogP contribution in [0.15, 0.2) is 36.4 Å². The van der Waals surface area contributed by atoms with Gasteiger partial charge in [-0.2, -0.15) is 0 Å². The van der Waals surface area contributed by atoms with E-state index in [0.717, 1.165) is 0 Å². The third-order valence-electron chi connectivity index (χ3n) is 4.33. The number of benzene rings is 2. The summed E-state index contributed by atoms with van der Waals surface area (Å²) in [5.74, 6) is -1.59. The Morgan fingerprint density at radius 2 is 1.48 bits per heavy atom. The highest BCUT2D eigenvalue weighted by atomic mass is 16.6. The van der Waals surface area contributed by atoms with Crippen molar-refractivity contribution in [2.24, 2.45) is 0 Å². The highest BCUT2D eigenvalue weighted by Gasteiger charge is 2.39. The van der Waals surface area contributed by atoms with E-state index in [9.17, 15) is 19.2 Å². The van der Waals surface area contributed by atoms with Gasteiger partial charge in [0.2, 0.25) is 0 Å². The Hall–Kier alpha value is -3.72. The van der Waals surface area contributed by atoms with Crippen molar-refractivity contribution in [1.82, 2.24) is 0 Å². The van der Waals surface area contributed by atoms with E-state index in [2.05, 4.69) is 0 Å². The first-order valence-electron chi connectivity index (χ1n) is 9.26. The number of rotatable bonds is 5. The molecule has 0 unspecified atom stereocenters. The monoisotopic (exact) mass is 428 g/mol. The van der Waals surface area contributed by atoms with Crippen LogP contribution in [0.5, 0.6) is 23.0 Å². The molecule has 0 aliphatic carbocycles. The Kier molecular flexibility index (Phi) is 6.36. The van der Waals surface area contributed by atoms with E-state index in [1.165, 1.54) is 58.2 Å². The fourth-order valence-electron chi connectivity index (χ4n) is 3.17. The third-order valence-corrected chi connectivity index (χ3v) is 4.33. The topological polar surface area (TPSA) is 114 Å². The van der Waals surface area contributed by atoms with E-state index in [1.54, 1.807) is 6.07 Å². The van der Waals surface area contributed by atoms with E-state index < -0.39 is 30.1 Å². The zero-order chi connectivity index (χ0) is 22.7. The maximum Gasteiger partial charge on any atom is 0.308 e. The number of Topliss-reactive ketones (excluding diaryl/α,β-unsaturated/α-hetero) is 1. The highest BCUT2D eigenvalue weighted by molar-refractivity contribution is 6.03. The summed E-state index contributed by atoms with van der Waals surface area (Å²) >= 11 is 0. The van der Waals surface area contributed by atoms with Crippen LogP contribution in [-0.4, -0.2) is 36.9 Å². The van der Waals surface area contributed by atoms with Crippen LogP contribution in [0.4, 0.5) is 0 Å². The van der Waals surface area contributed by atoms with Crippen LogP contribution >= 0.6 is 0 Å². The lowest BCUT2D eigenvalue weighted by Crippen LogP contribution is -2.37. The average molecular weight is 428 g/mol. The minimum Gasteiger partial charge on any atom is -0.482 e. The number of esters is 3. The summed E-state index contributed by atoms with van der Waals surface area (Å²) in [5, 5.41) is 0. The first-order valence-corrected chi connectivity index (χ1v) is 9.26.